The summed E-state index contributed by atoms with van der Waals surface area (Å²) in [5.41, 5.74) is 1.65. The van der Waals surface area contributed by atoms with Crippen LogP contribution in [-0.2, 0) is 0 Å². The standard InChI is InChI=1S/C11H10Cl3N/c1-11(2)5-9(14)6-3-7(12)8(13)4-10(6)15-11/h3-5,15H,1-2H3. The molecule has 0 radical (unpaired) electrons. The molecule has 0 aliphatic carbocycles. The number of rotatable bonds is 0. The molecule has 0 saturated heterocycles. The van der Waals surface area contributed by atoms with E-state index >= 15 is 0 Å². The molecule has 0 unspecified atom stereocenters. The highest BCUT2D eigenvalue weighted by Crippen LogP contribution is 2.39. The van der Waals surface area contributed by atoms with Gasteiger partial charge >= 0.3 is 0 Å². The molecule has 4 heteroatoms. The molecule has 1 aromatic carbocycles. The molecule has 0 amide bonds. The summed E-state index contributed by atoms with van der Waals surface area (Å²) in [5, 5.41) is 5.08. The number of hydrogen-bond acceptors (Lipinski definition) is 1. The number of halogens is 3. The number of nitrogens with one attached hydrogen (secondary N) is 1. The van der Waals surface area contributed by atoms with Crippen molar-refractivity contribution in [3.63, 3.8) is 0 Å². The van der Waals surface area contributed by atoms with Gasteiger partial charge in [-0.1, -0.05) is 34.8 Å². The van der Waals surface area contributed by atoms with Crippen molar-refractivity contribution in [1.82, 2.24) is 0 Å². The van der Waals surface area contributed by atoms with Crippen molar-refractivity contribution in [3.05, 3.63) is 33.8 Å². The van der Waals surface area contributed by atoms with Crippen molar-refractivity contribution >= 4 is 45.5 Å². The van der Waals surface area contributed by atoms with E-state index in [9.17, 15) is 0 Å². The first-order chi connectivity index (χ1) is 6.89. The zero-order valence-corrected chi connectivity index (χ0v) is 10.6. The quantitative estimate of drug-likeness (QED) is 0.710. The fourth-order valence-electron chi connectivity index (χ4n) is 1.63. The van der Waals surface area contributed by atoms with Crippen LogP contribution in [0, 0.1) is 0 Å². The van der Waals surface area contributed by atoms with Crippen molar-refractivity contribution in [3.8, 4) is 0 Å². The molecule has 0 aromatic heterocycles. The third kappa shape index (κ3) is 2.10. The van der Waals surface area contributed by atoms with Crippen LogP contribution in [-0.4, -0.2) is 5.54 Å². The second kappa shape index (κ2) is 3.58. The van der Waals surface area contributed by atoms with Gasteiger partial charge in [0.1, 0.15) is 0 Å². The Bertz CT molecular complexity index is 449. The highest BCUT2D eigenvalue weighted by Gasteiger charge is 2.24. The van der Waals surface area contributed by atoms with Crippen molar-refractivity contribution in [2.45, 2.75) is 19.4 Å². The van der Waals surface area contributed by atoms with Crippen LogP contribution in [0.15, 0.2) is 18.2 Å². The summed E-state index contributed by atoms with van der Waals surface area (Å²) in [4.78, 5) is 0. The van der Waals surface area contributed by atoms with E-state index in [0.717, 1.165) is 11.3 Å². The molecule has 1 N–H and O–H groups in total. The molecule has 1 aliphatic rings. The van der Waals surface area contributed by atoms with Gasteiger partial charge in [-0.15, -0.1) is 0 Å². The number of benzene rings is 1. The first-order valence-corrected chi connectivity index (χ1v) is 5.68. The fourth-order valence-corrected chi connectivity index (χ4v) is 2.38. The topological polar surface area (TPSA) is 12.0 Å². The minimum atomic E-state index is -0.165. The maximum absolute atomic E-state index is 6.18. The largest absolute Gasteiger partial charge is 0.376 e. The van der Waals surface area contributed by atoms with E-state index in [-0.39, 0.29) is 5.54 Å². The van der Waals surface area contributed by atoms with Gasteiger partial charge in [-0.3, -0.25) is 0 Å². The molecule has 15 heavy (non-hydrogen) atoms. The molecule has 0 saturated carbocycles. The average Bonchev–Trinajstić information content (AvgIpc) is 2.07. The van der Waals surface area contributed by atoms with Crippen molar-refractivity contribution in [2.75, 3.05) is 5.32 Å². The van der Waals surface area contributed by atoms with Crippen LogP contribution < -0.4 is 5.32 Å². The lowest BCUT2D eigenvalue weighted by atomic mass is 9.97. The highest BCUT2D eigenvalue weighted by molar-refractivity contribution is 6.50. The van der Waals surface area contributed by atoms with Gasteiger partial charge in [0, 0.05) is 16.3 Å². The Kier molecular flexibility index (Phi) is 2.66. The van der Waals surface area contributed by atoms with E-state index in [2.05, 4.69) is 5.32 Å². The Morgan fingerprint density at radius 3 is 2.33 bits per heavy atom. The lowest BCUT2D eigenvalue weighted by Crippen LogP contribution is -2.31. The summed E-state index contributed by atoms with van der Waals surface area (Å²) in [7, 11) is 0. The fraction of sp³-hybridized carbons (Fsp3) is 0.273. The Morgan fingerprint density at radius 2 is 1.67 bits per heavy atom. The van der Waals surface area contributed by atoms with Crippen LogP contribution in [0.3, 0.4) is 0 Å². The van der Waals surface area contributed by atoms with E-state index in [1.807, 2.05) is 19.9 Å². The van der Waals surface area contributed by atoms with Gasteiger partial charge in [-0.25, -0.2) is 0 Å². The SMILES string of the molecule is CC1(C)C=C(Cl)c2cc(Cl)c(Cl)cc2N1. The lowest BCUT2D eigenvalue weighted by Gasteiger charge is -2.30. The van der Waals surface area contributed by atoms with E-state index in [1.54, 1.807) is 12.1 Å². The molecule has 0 fully saturated rings. The van der Waals surface area contributed by atoms with Crippen LogP contribution in [0.5, 0.6) is 0 Å². The van der Waals surface area contributed by atoms with Crippen molar-refractivity contribution in [2.24, 2.45) is 0 Å². The highest BCUT2D eigenvalue weighted by atomic mass is 35.5. The maximum atomic E-state index is 6.18. The number of fused-ring (bicyclic) bond motifs is 1. The van der Waals surface area contributed by atoms with Crippen LogP contribution >= 0.6 is 34.8 Å². The summed E-state index contributed by atoms with van der Waals surface area (Å²) in [6.45, 7) is 4.08. The Morgan fingerprint density at radius 1 is 1.07 bits per heavy atom. The zero-order chi connectivity index (χ0) is 11.2. The van der Waals surface area contributed by atoms with Crippen molar-refractivity contribution in [1.29, 1.82) is 0 Å². The van der Waals surface area contributed by atoms with Crippen molar-refractivity contribution < 1.29 is 0 Å². The third-order valence-corrected chi connectivity index (χ3v) is 3.30. The first kappa shape index (κ1) is 11.1. The van der Waals surface area contributed by atoms with Gasteiger partial charge in [0.2, 0.25) is 0 Å². The number of anilines is 1. The molecule has 80 valence electrons. The number of hydrogen-bond donors (Lipinski definition) is 1. The second-order valence-electron chi connectivity index (χ2n) is 4.15. The average molecular weight is 263 g/mol. The van der Waals surface area contributed by atoms with Gasteiger partial charge in [-0.05, 0) is 32.1 Å². The van der Waals surface area contributed by atoms with Gasteiger partial charge in [-0.2, -0.15) is 0 Å². The molecule has 0 spiro atoms. The van der Waals surface area contributed by atoms with E-state index in [0.29, 0.717) is 15.1 Å². The molecule has 1 nitrogen and oxygen atoms in total. The summed E-state index contributed by atoms with van der Waals surface area (Å²) in [6, 6.07) is 3.58. The minimum absolute atomic E-state index is 0.165. The molecule has 1 aromatic rings. The predicted molar refractivity (Wildman–Crippen MR) is 68.0 cm³/mol. The molecule has 2 rings (SSSR count). The van der Waals surface area contributed by atoms with E-state index < -0.39 is 0 Å². The zero-order valence-electron chi connectivity index (χ0n) is 8.37. The van der Waals surface area contributed by atoms with Gasteiger partial charge in [0.15, 0.2) is 0 Å². The summed E-state index contributed by atoms with van der Waals surface area (Å²) in [5.74, 6) is 0. The Balaban J connectivity index is 2.61. The molecule has 1 heterocycles. The molecule has 1 aliphatic heterocycles. The normalized spacial score (nSPS) is 17.8. The van der Waals surface area contributed by atoms with Crippen LogP contribution in [0.25, 0.3) is 5.03 Å². The maximum Gasteiger partial charge on any atom is 0.0613 e. The van der Waals surface area contributed by atoms with Crippen LogP contribution in [0.1, 0.15) is 19.4 Å². The first-order valence-electron chi connectivity index (χ1n) is 4.55. The predicted octanol–water partition coefficient (Wildman–Crippen LogP) is 4.78. The molecule has 0 bridgehead atoms. The third-order valence-electron chi connectivity index (χ3n) is 2.26. The molecule has 0 atom stereocenters. The monoisotopic (exact) mass is 261 g/mol. The van der Waals surface area contributed by atoms with Gasteiger partial charge in [0.25, 0.3) is 0 Å². The van der Waals surface area contributed by atoms with Gasteiger partial charge in [0.05, 0.1) is 15.6 Å². The smallest absolute Gasteiger partial charge is 0.0613 e. The molecular formula is C11H10Cl3N. The Labute approximate surface area is 104 Å². The summed E-state index contributed by atoms with van der Waals surface area (Å²) in [6.07, 6.45) is 1.96. The second-order valence-corrected chi connectivity index (χ2v) is 5.37. The van der Waals surface area contributed by atoms with Crippen LogP contribution in [0.2, 0.25) is 10.0 Å². The molecular weight excluding hydrogens is 252 g/mol. The lowest BCUT2D eigenvalue weighted by molar-refractivity contribution is 0.710. The summed E-state index contributed by atoms with van der Waals surface area (Å²) >= 11 is 18.1. The van der Waals surface area contributed by atoms with E-state index in [1.165, 1.54) is 0 Å². The minimum Gasteiger partial charge on any atom is -0.376 e. The van der Waals surface area contributed by atoms with Crippen LogP contribution in [0.4, 0.5) is 5.69 Å². The van der Waals surface area contributed by atoms with E-state index in [4.69, 9.17) is 34.8 Å². The Hall–Kier alpha value is -0.370. The summed E-state index contributed by atoms with van der Waals surface area (Å²) < 4.78 is 0. The van der Waals surface area contributed by atoms with Gasteiger partial charge < -0.3 is 5.32 Å².